The van der Waals surface area contributed by atoms with Crippen molar-refractivity contribution in [3.63, 3.8) is 0 Å². The molecule has 0 bridgehead atoms. The highest BCUT2D eigenvalue weighted by molar-refractivity contribution is 5.95. The number of fused-ring (bicyclic) bond motifs is 3. The van der Waals surface area contributed by atoms with E-state index in [2.05, 4.69) is 212 Å². The van der Waals surface area contributed by atoms with Gasteiger partial charge in [0.2, 0.25) is 0 Å². The number of benzene rings is 9. The lowest BCUT2D eigenvalue weighted by atomic mass is 9.67. The number of hydrogen-bond donors (Lipinski definition) is 0. The molecule has 1 aromatic heterocycles. The summed E-state index contributed by atoms with van der Waals surface area (Å²) >= 11 is 0. The summed E-state index contributed by atoms with van der Waals surface area (Å²) in [5.74, 6) is 1.90. The van der Waals surface area contributed by atoms with Crippen molar-refractivity contribution in [2.24, 2.45) is 0 Å². The van der Waals surface area contributed by atoms with E-state index >= 15 is 0 Å². The van der Waals surface area contributed by atoms with Crippen molar-refractivity contribution in [2.45, 2.75) is 5.41 Å². The third kappa shape index (κ3) is 6.35. The predicted molar refractivity (Wildman–Crippen MR) is 250 cm³/mol. The Labute approximate surface area is 356 Å². The van der Waals surface area contributed by atoms with Crippen molar-refractivity contribution in [2.75, 3.05) is 0 Å². The van der Waals surface area contributed by atoms with Gasteiger partial charge in [-0.25, -0.2) is 15.0 Å². The largest absolute Gasteiger partial charge is 0.208 e. The Bertz CT molecular complexity index is 3100. The van der Waals surface area contributed by atoms with Crippen LogP contribution in [-0.2, 0) is 5.41 Å². The van der Waals surface area contributed by atoms with E-state index in [1.807, 2.05) is 24.3 Å². The fourth-order valence-electron chi connectivity index (χ4n) is 9.21. The number of aromatic nitrogens is 3. The van der Waals surface area contributed by atoms with Gasteiger partial charge >= 0.3 is 0 Å². The molecule has 0 atom stereocenters. The van der Waals surface area contributed by atoms with Crippen LogP contribution >= 0.6 is 0 Å². The molecule has 0 N–H and O–H groups in total. The zero-order valence-electron chi connectivity index (χ0n) is 33.4. The van der Waals surface area contributed by atoms with Gasteiger partial charge in [-0.3, -0.25) is 0 Å². The van der Waals surface area contributed by atoms with E-state index < -0.39 is 5.41 Å². The standard InChI is InChI=1S/C58H39N3/c1-5-17-40(18-6-1)41-31-33-42(34-32-41)46-21-15-22-47(39-46)57-60-55(44-19-7-2-8-20-44)59-56(61-57)45-37-35-43(36-38-45)50-28-16-30-53-54(50)51-27-13-14-29-52(51)58(53,48-23-9-3-10-24-48)49-25-11-4-12-26-49/h1-39H. The first-order valence-corrected chi connectivity index (χ1v) is 20.8. The monoisotopic (exact) mass is 777 g/mol. The van der Waals surface area contributed by atoms with Gasteiger partial charge in [0.1, 0.15) is 0 Å². The van der Waals surface area contributed by atoms with Gasteiger partial charge in [-0.05, 0) is 72.8 Å². The third-order valence-corrected chi connectivity index (χ3v) is 12.1. The molecule has 61 heavy (non-hydrogen) atoms. The first-order valence-electron chi connectivity index (χ1n) is 20.8. The lowest BCUT2D eigenvalue weighted by Crippen LogP contribution is -2.28. The van der Waals surface area contributed by atoms with Gasteiger partial charge in [0.25, 0.3) is 0 Å². The van der Waals surface area contributed by atoms with E-state index in [0.717, 1.165) is 33.4 Å². The zero-order chi connectivity index (χ0) is 40.6. The summed E-state index contributed by atoms with van der Waals surface area (Å²) < 4.78 is 0. The Morgan fingerprint density at radius 3 is 1.25 bits per heavy atom. The van der Waals surface area contributed by atoms with Gasteiger partial charge in [-0.2, -0.15) is 0 Å². The summed E-state index contributed by atoms with van der Waals surface area (Å²) in [5.41, 5.74) is 16.9. The Kier molecular flexibility index (Phi) is 9.05. The van der Waals surface area contributed by atoms with E-state index in [1.165, 1.54) is 50.1 Å². The molecule has 0 aliphatic heterocycles. The van der Waals surface area contributed by atoms with Crippen LogP contribution in [0.15, 0.2) is 237 Å². The number of hydrogen-bond acceptors (Lipinski definition) is 3. The average Bonchev–Trinajstić information content (AvgIpc) is 3.66. The molecule has 0 saturated heterocycles. The number of nitrogens with zero attached hydrogens (tertiary/aromatic N) is 3. The van der Waals surface area contributed by atoms with Gasteiger partial charge in [0.15, 0.2) is 17.5 Å². The first-order chi connectivity index (χ1) is 30.2. The van der Waals surface area contributed by atoms with Gasteiger partial charge in [-0.1, -0.05) is 231 Å². The molecule has 1 heterocycles. The summed E-state index contributed by atoms with van der Waals surface area (Å²) in [6, 6.07) is 84.2. The van der Waals surface area contributed by atoms with Crippen LogP contribution in [0.5, 0.6) is 0 Å². The Morgan fingerprint density at radius 2 is 0.623 bits per heavy atom. The van der Waals surface area contributed by atoms with E-state index in [4.69, 9.17) is 15.0 Å². The molecule has 0 spiro atoms. The topological polar surface area (TPSA) is 38.7 Å². The second-order valence-corrected chi connectivity index (χ2v) is 15.5. The van der Waals surface area contributed by atoms with Crippen LogP contribution in [0, 0.1) is 0 Å². The molecule has 3 nitrogen and oxygen atoms in total. The van der Waals surface area contributed by atoms with E-state index in [0.29, 0.717) is 17.5 Å². The molecule has 10 aromatic rings. The fraction of sp³-hybridized carbons (Fsp3) is 0.0172. The van der Waals surface area contributed by atoms with Gasteiger partial charge in [0, 0.05) is 16.7 Å². The van der Waals surface area contributed by atoms with Crippen LogP contribution in [-0.4, -0.2) is 15.0 Å². The molecule has 0 fully saturated rings. The molecular weight excluding hydrogens is 739 g/mol. The molecular formula is C58H39N3. The van der Waals surface area contributed by atoms with E-state index in [9.17, 15) is 0 Å². The van der Waals surface area contributed by atoms with E-state index in [1.54, 1.807) is 0 Å². The minimum atomic E-state index is -0.456. The second-order valence-electron chi connectivity index (χ2n) is 15.5. The maximum atomic E-state index is 5.14. The summed E-state index contributed by atoms with van der Waals surface area (Å²) in [5, 5.41) is 0. The van der Waals surface area contributed by atoms with Crippen LogP contribution in [0.4, 0.5) is 0 Å². The summed E-state index contributed by atoms with van der Waals surface area (Å²) in [7, 11) is 0. The van der Waals surface area contributed by atoms with Crippen LogP contribution < -0.4 is 0 Å². The van der Waals surface area contributed by atoms with Crippen LogP contribution in [0.3, 0.4) is 0 Å². The average molecular weight is 778 g/mol. The third-order valence-electron chi connectivity index (χ3n) is 12.1. The Balaban J connectivity index is 0.998. The minimum absolute atomic E-state index is 0.456. The molecule has 1 aliphatic carbocycles. The molecule has 11 rings (SSSR count). The fourth-order valence-corrected chi connectivity index (χ4v) is 9.21. The van der Waals surface area contributed by atoms with Crippen LogP contribution in [0.25, 0.3) is 78.7 Å². The molecule has 3 heteroatoms. The molecule has 0 radical (unpaired) electrons. The molecule has 1 aliphatic rings. The van der Waals surface area contributed by atoms with Gasteiger partial charge < -0.3 is 0 Å². The lowest BCUT2D eigenvalue weighted by molar-refractivity contribution is 0.768. The first kappa shape index (κ1) is 36.1. The van der Waals surface area contributed by atoms with Crippen molar-refractivity contribution >= 4 is 0 Å². The zero-order valence-corrected chi connectivity index (χ0v) is 33.4. The summed E-state index contributed by atoms with van der Waals surface area (Å²) in [6.07, 6.45) is 0. The molecule has 0 unspecified atom stereocenters. The molecule has 9 aromatic carbocycles. The van der Waals surface area contributed by atoms with Crippen molar-refractivity contribution in [3.8, 4) is 78.7 Å². The van der Waals surface area contributed by atoms with Crippen molar-refractivity contribution < 1.29 is 0 Å². The van der Waals surface area contributed by atoms with Gasteiger partial charge in [-0.15, -0.1) is 0 Å². The maximum Gasteiger partial charge on any atom is 0.164 e. The Hall–Kier alpha value is -8.01. The molecule has 0 amide bonds. The predicted octanol–water partition coefficient (Wildman–Crippen LogP) is 14.2. The summed E-state index contributed by atoms with van der Waals surface area (Å²) in [6.45, 7) is 0. The highest BCUT2D eigenvalue weighted by Gasteiger charge is 2.46. The SMILES string of the molecule is c1ccc(-c2ccc(-c3cccc(-c4nc(-c5ccccc5)nc(-c5ccc(-c6cccc7c6-c6ccccc6C7(c6ccccc6)c6ccccc6)cc5)n4)c3)cc2)cc1. The lowest BCUT2D eigenvalue weighted by Gasteiger charge is -2.34. The molecule has 286 valence electrons. The number of rotatable bonds is 8. The highest BCUT2D eigenvalue weighted by Crippen LogP contribution is 2.58. The van der Waals surface area contributed by atoms with Crippen molar-refractivity contribution in [3.05, 3.63) is 259 Å². The van der Waals surface area contributed by atoms with Crippen molar-refractivity contribution in [1.29, 1.82) is 0 Å². The Morgan fingerprint density at radius 1 is 0.246 bits per heavy atom. The van der Waals surface area contributed by atoms with Crippen molar-refractivity contribution in [1.82, 2.24) is 15.0 Å². The van der Waals surface area contributed by atoms with E-state index in [-0.39, 0.29) is 0 Å². The van der Waals surface area contributed by atoms with Crippen LogP contribution in [0.1, 0.15) is 22.3 Å². The van der Waals surface area contributed by atoms with Crippen LogP contribution in [0.2, 0.25) is 0 Å². The highest BCUT2D eigenvalue weighted by atomic mass is 15.0. The molecule has 0 saturated carbocycles. The maximum absolute atomic E-state index is 5.14. The minimum Gasteiger partial charge on any atom is -0.208 e. The summed E-state index contributed by atoms with van der Waals surface area (Å²) in [4.78, 5) is 15.3. The smallest absolute Gasteiger partial charge is 0.164 e. The second kappa shape index (κ2) is 15.3. The quantitative estimate of drug-likeness (QED) is 0.154. The van der Waals surface area contributed by atoms with Gasteiger partial charge in [0.05, 0.1) is 5.41 Å². The normalized spacial score (nSPS) is 12.4.